The van der Waals surface area contributed by atoms with Gasteiger partial charge in [0.2, 0.25) is 0 Å². The summed E-state index contributed by atoms with van der Waals surface area (Å²) in [5.41, 5.74) is 5.23. The Hall–Kier alpha value is -3.69. The monoisotopic (exact) mass is 446 g/mol. The lowest BCUT2D eigenvalue weighted by atomic mass is 9.97. The van der Waals surface area contributed by atoms with Gasteiger partial charge in [-0.25, -0.2) is 4.98 Å². The van der Waals surface area contributed by atoms with Crippen molar-refractivity contribution in [1.82, 2.24) is 20.1 Å². The number of rotatable bonds is 7. The van der Waals surface area contributed by atoms with Crippen LogP contribution in [0.2, 0.25) is 0 Å². The zero-order valence-electron chi connectivity index (χ0n) is 18.1. The lowest BCUT2D eigenvalue weighted by Gasteiger charge is -2.29. The predicted octanol–water partition coefficient (Wildman–Crippen LogP) is 2.33. The minimum atomic E-state index is -0.496. The van der Waals surface area contributed by atoms with Crippen LogP contribution in [0.5, 0.6) is 0 Å². The first kappa shape index (κ1) is 21.2. The number of nitrogens with one attached hydrogen (secondary N) is 2. The molecule has 4 heterocycles. The van der Waals surface area contributed by atoms with Crippen molar-refractivity contribution in [2.45, 2.75) is 12.6 Å². The molecule has 1 atom stereocenters. The molecule has 3 aromatic rings. The summed E-state index contributed by atoms with van der Waals surface area (Å²) >= 11 is 0. The summed E-state index contributed by atoms with van der Waals surface area (Å²) in [7, 11) is 0. The lowest BCUT2D eigenvalue weighted by molar-refractivity contribution is -0.109. The van der Waals surface area contributed by atoms with E-state index < -0.39 is 6.04 Å². The van der Waals surface area contributed by atoms with E-state index in [0.717, 1.165) is 60.8 Å². The van der Waals surface area contributed by atoms with E-state index in [1.165, 1.54) is 0 Å². The van der Waals surface area contributed by atoms with E-state index in [9.17, 15) is 9.90 Å². The summed E-state index contributed by atoms with van der Waals surface area (Å²) < 4.78 is 7.16. The van der Waals surface area contributed by atoms with Gasteiger partial charge in [0.05, 0.1) is 37.8 Å². The van der Waals surface area contributed by atoms with Crippen LogP contribution in [0.1, 0.15) is 17.2 Å². The van der Waals surface area contributed by atoms with Crippen LogP contribution in [0.15, 0.2) is 48.8 Å². The first-order chi connectivity index (χ1) is 16.3. The summed E-state index contributed by atoms with van der Waals surface area (Å²) in [6, 6.07) is 11.5. The zero-order chi connectivity index (χ0) is 22.6. The second-order valence-corrected chi connectivity index (χ2v) is 7.91. The molecule has 9 nitrogen and oxygen atoms in total. The summed E-state index contributed by atoms with van der Waals surface area (Å²) in [5, 5.41) is 20.2. The molecule has 0 bridgehead atoms. The molecule has 0 spiro atoms. The van der Waals surface area contributed by atoms with Gasteiger partial charge in [0, 0.05) is 36.2 Å². The molecule has 1 aromatic carbocycles. The van der Waals surface area contributed by atoms with Gasteiger partial charge in [0.25, 0.3) is 0 Å². The molecule has 5 rings (SSSR count). The fourth-order valence-electron chi connectivity index (χ4n) is 4.24. The number of fused-ring (bicyclic) bond motifs is 1. The molecule has 2 aromatic heterocycles. The quantitative estimate of drug-likeness (QED) is 0.475. The van der Waals surface area contributed by atoms with Gasteiger partial charge in [0.1, 0.15) is 18.1 Å². The molecule has 2 aliphatic rings. The number of carbonyl (C=O) groups excluding carboxylic acids is 1. The number of hydrogen-bond donors (Lipinski definition) is 3. The molecule has 1 unspecified atom stereocenters. The Morgan fingerprint density at radius 3 is 2.79 bits per heavy atom. The fraction of sp³-hybridized carbons (Fsp3) is 0.292. The van der Waals surface area contributed by atoms with Gasteiger partial charge in [-0.3, -0.25) is 4.68 Å². The molecule has 1 fully saturated rings. The first-order valence-corrected chi connectivity index (χ1v) is 11.0. The molecule has 0 saturated carbocycles. The number of aromatic nitrogens is 3. The molecule has 9 heteroatoms. The van der Waals surface area contributed by atoms with Gasteiger partial charge in [-0.05, 0) is 54.2 Å². The SMILES string of the molecule is O=CC1NC=Cc2cc(-c3ccnn3CCO)nc(Nc3ccc(N4CCOCC4)cc3)c21. The van der Waals surface area contributed by atoms with Crippen molar-refractivity contribution in [3.8, 4) is 11.4 Å². The highest BCUT2D eigenvalue weighted by atomic mass is 16.5. The van der Waals surface area contributed by atoms with Crippen molar-refractivity contribution in [3.05, 3.63) is 59.9 Å². The van der Waals surface area contributed by atoms with E-state index in [1.807, 2.05) is 30.3 Å². The number of carbonyl (C=O) groups is 1. The van der Waals surface area contributed by atoms with E-state index >= 15 is 0 Å². The van der Waals surface area contributed by atoms with Crippen LogP contribution in [-0.2, 0) is 16.1 Å². The Balaban J connectivity index is 1.50. The van der Waals surface area contributed by atoms with Gasteiger partial charge in [-0.1, -0.05) is 0 Å². The minimum Gasteiger partial charge on any atom is -0.394 e. The summed E-state index contributed by atoms with van der Waals surface area (Å²) in [6.07, 6.45) is 6.28. The fourth-order valence-corrected chi connectivity index (χ4v) is 4.24. The number of morpholine rings is 1. The number of aliphatic hydroxyl groups excluding tert-OH is 1. The van der Waals surface area contributed by atoms with E-state index in [4.69, 9.17) is 9.72 Å². The molecule has 0 radical (unpaired) electrons. The van der Waals surface area contributed by atoms with Crippen molar-refractivity contribution in [3.63, 3.8) is 0 Å². The number of benzene rings is 1. The van der Waals surface area contributed by atoms with Crippen molar-refractivity contribution >= 4 is 29.6 Å². The topological polar surface area (TPSA) is 105 Å². The molecule has 3 N–H and O–H groups in total. The van der Waals surface area contributed by atoms with E-state index in [0.29, 0.717) is 18.1 Å². The molecule has 1 saturated heterocycles. The van der Waals surface area contributed by atoms with Crippen LogP contribution in [0.25, 0.3) is 17.5 Å². The smallest absolute Gasteiger partial charge is 0.146 e. The molecular weight excluding hydrogens is 420 g/mol. The average molecular weight is 447 g/mol. The maximum atomic E-state index is 11.8. The van der Waals surface area contributed by atoms with Crippen molar-refractivity contribution in [1.29, 1.82) is 0 Å². The van der Waals surface area contributed by atoms with Crippen molar-refractivity contribution < 1.29 is 14.6 Å². The molecule has 0 aliphatic carbocycles. The highest BCUT2D eigenvalue weighted by molar-refractivity contribution is 5.79. The molecule has 170 valence electrons. The third kappa shape index (κ3) is 4.33. The highest BCUT2D eigenvalue weighted by Crippen LogP contribution is 2.34. The molecule has 0 amide bonds. The Morgan fingerprint density at radius 2 is 2.03 bits per heavy atom. The number of hydrogen-bond acceptors (Lipinski definition) is 8. The Morgan fingerprint density at radius 1 is 1.21 bits per heavy atom. The van der Waals surface area contributed by atoms with E-state index in [2.05, 4.69) is 32.8 Å². The Bertz CT molecular complexity index is 1150. The molecule has 33 heavy (non-hydrogen) atoms. The minimum absolute atomic E-state index is 0.0166. The number of aliphatic hydroxyl groups is 1. The lowest BCUT2D eigenvalue weighted by Crippen LogP contribution is -2.36. The van der Waals surface area contributed by atoms with Crippen LogP contribution < -0.4 is 15.5 Å². The van der Waals surface area contributed by atoms with Gasteiger partial charge in [-0.15, -0.1) is 0 Å². The Labute approximate surface area is 191 Å². The van der Waals surface area contributed by atoms with E-state index in [-0.39, 0.29) is 6.61 Å². The predicted molar refractivity (Wildman–Crippen MR) is 126 cm³/mol. The van der Waals surface area contributed by atoms with Gasteiger partial charge in [0.15, 0.2) is 0 Å². The second-order valence-electron chi connectivity index (χ2n) is 7.91. The van der Waals surface area contributed by atoms with Crippen LogP contribution in [0.4, 0.5) is 17.2 Å². The number of ether oxygens (including phenoxy) is 1. The van der Waals surface area contributed by atoms with Crippen LogP contribution >= 0.6 is 0 Å². The number of pyridine rings is 1. The molecular formula is C24H26N6O3. The maximum absolute atomic E-state index is 11.8. The van der Waals surface area contributed by atoms with Crippen LogP contribution in [0.3, 0.4) is 0 Å². The van der Waals surface area contributed by atoms with Crippen molar-refractivity contribution in [2.24, 2.45) is 0 Å². The van der Waals surface area contributed by atoms with Crippen LogP contribution in [0, 0.1) is 0 Å². The van der Waals surface area contributed by atoms with Gasteiger partial charge >= 0.3 is 0 Å². The average Bonchev–Trinajstić information content (AvgIpc) is 3.33. The summed E-state index contributed by atoms with van der Waals surface area (Å²) in [5.74, 6) is 0.604. The van der Waals surface area contributed by atoms with Crippen LogP contribution in [-0.4, -0.2) is 59.1 Å². The number of nitrogens with zero attached hydrogens (tertiary/aromatic N) is 4. The summed E-state index contributed by atoms with van der Waals surface area (Å²) in [4.78, 5) is 19.0. The largest absolute Gasteiger partial charge is 0.394 e. The van der Waals surface area contributed by atoms with Gasteiger partial charge in [-0.2, -0.15) is 5.10 Å². The second kappa shape index (κ2) is 9.43. The number of aldehydes is 1. The van der Waals surface area contributed by atoms with E-state index in [1.54, 1.807) is 17.1 Å². The zero-order valence-corrected chi connectivity index (χ0v) is 18.1. The first-order valence-electron chi connectivity index (χ1n) is 11.0. The Kier molecular flexibility index (Phi) is 6.05. The normalized spacial score (nSPS) is 17.4. The maximum Gasteiger partial charge on any atom is 0.146 e. The van der Waals surface area contributed by atoms with Crippen molar-refractivity contribution in [2.75, 3.05) is 43.1 Å². The third-order valence-electron chi connectivity index (χ3n) is 5.87. The standard InChI is InChI=1S/C24H26N6O3/c31-12-9-30-22(6-8-26-30)20-15-17-5-7-25-21(16-32)23(17)24(28-20)27-18-1-3-19(4-2-18)29-10-13-33-14-11-29/h1-8,15-16,21,25,31H,9-14H2,(H,27,28). The number of anilines is 3. The summed E-state index contributed by atoms with van der Waals surface area (Å²) in [6.45, 7) is 3.60. The van der Waals surface area contributed by atoms with Gasteiger partial charge < -0.3 is 30.2 Å². The molecule has 2 aliphatic heterocycles. The third-order valence-corrected chi connectivity index (χ3v) is 5.87. The highest BCUT2D eigenvalue weighted by Gasteiger charge is 2.23.